The second-order valence-corrected chi connectivity index (χ2v) is 5.16. The van der Waals surface area contributed by atoms with Crippen LogP contribution in [0.3, 0.4) is 0 Å². The molecular formula is C13H21NO3. The topological polar surface area (TPSA) is 38.8 Å². The van der Waals surface area contributed by atoms with Crippen molar-refractivity contribution < 1.29 is 14.3 Å². The van der Waals surface area contributed by atoms with Gasteiger partial charge in [0.25, 0.3) is 0 Å². The summed E-state index contributed by atoms with van der Waals surface area (Å²) in [5.74, 6) is -0.320. The third-order valence-corrected chi connectivity index (χ3v) is 3.40. The van der Waals surface area contributed by atoms with E-state index in [0.717, 1.165) is 12.8 Å². The number of carbonyl (C=O) groups is 1. The van der Waals surface area contributed by atoms with Gasteiger partial charge < -0.3 is 14.4 Å². The molecule has 4 nitrogen and oxygen atoms in total. The Morgan fingerprint density at radius 3 is 2.94 bits per heavy atom. The third kappa shape index (κ3) is 2.69. The zero-order valence-electron chi connectivity index (χ0n) is 10.6. The Kier molecular flexibility index (Phi) is 3.54. The molecule has 0 unspecified atom stereocenters. The van der Waals surface area contributed by atoms with Gasteiger partial charge in [0.1, 0.15) is 6.10 Å². The Hall–Kier alpha value is -0.870. The highest BCUT2D eigenvalue weighted by molar-refractivity contribution is 5.77. The van der Waals surface area contributed by atoms with Crippen molar-refractivity contribution in [1.82, 2.24) is 4.90 Å². The first-order valence-corrected chi connectivity index (χ1v) is 6.25. The molecule has 0 spiro atoms. The molecule has 0 aliphatic carbocycles. The van der Waals surface area contributed by atoms with Crippen molar-refractivity contribution in [3.63, 3.8) is 0 Å². The van der Waals surface area contributed by atoms with Crippen molar-refractivity contribution in [1.29, 1.82) is 0 Å². The van der Waals surface area contributed by atoms with E-state index >= 15 is 0 Å². The Morgan fingerprint density at radius 1 is 1.59 bits per heavy atom. The smallest absolute Gasteiger partial charge is 0.223 e. The van der Waals surface area contributed by atoms with Crippen LogP contribution in [0.1, 0.15) is 33.1 Å². The Labute approximate surface area is 103 Å². The van der Waals surface area contributed by atoms with Crippen molar-refractivity contribution >= 4 is 5.91 Å². The maximum atomic E-state index is 11.9. The van der Waals surface area contributed by atoms with Gasteiger partial charge in [-0.05, 0) is 26.7 Å². The van der Waals surface area contributed by atoms with Gasteiger partial charge >= 0.3 is 0 Å². The summed E-state index contributed by atoms with van der Waals surface area (Å²) >= 11 is 0. The Balaban J connectivity index is 2.07. The van der Waals surface area contributed by atoms with Crippen LogP contribution in [0.2, 0.25) is 0 Å². The largest absolute Gasteiger partial charge is 0.348 e. The summed E-state index contributed by atoms with van der Waals surface area (Å²) in [5.41, 5.74) is 0. The average Bonchev–Trinajstić information content (AvgIpc) is 2.62. The minimum absolute atomic E-state index is 0.00537. The highest BCUT2D eigenvalue weighted by Gasteiger charge is 2.41. The molecule has 96 valence electrons. The molecule has 17 heavy (non-hydrogen) atoms. The molecule has 2 saturated heterocycles. The van der Waals surface area contributed by atoms with Gasteiger partial charge in [0.05, 0.1) is 12.6 Å². The minimum Gasteiger partial charge on any atom is -0.348 e. The lowest BCUT2D eigenvalue weighted by Crippen LogP contribution is -2.50. The van der Waals surface area contributed by atoms with Gasteiger partial charge in [-0.2, -0.15) is 0 Å². The van der Waals surface area contributed by atoms with E-state index in [1.807, 2.05) is 18.7 Å². The predicted octanol–water partition coefficient (Wildman–Crippen LogP) is 1.70. The van der Waals surface area contributed by atoms with Crippen molar-refractivity contribution in [2.24, 2.45) is 0 Å². The van der Waals surface area contributed by atoms with Gasteiger partial charge in [-0.25, -0.2) is 0 Å². The molecule has 0 bridgehead atoms. The SMILES string of the molecule is C=CCN1C(=O)CCC[C@H]1[C@H]1COC(C)(C)O1. The van der Waals surface area contributed by atoms with Crippen molar-refractivity contribution in [3.05, 3.63) is 12.7 Å². The van der Waals surface area contributed by atoms with Crippen molar-refractivity contribution in [2.45, 2.75) is 51.0 Å². The van der Waals surface area contributed by atoms with Crippen LogP contribution in [-0.4, -0.2) is 41.9 Å². The molecule has 2 aliphatic heterocycles. The van der Waals surface area contributed by atoms with E-state index in [4.69, 9.17) is 9.47 Å². The second-order valence-electron chi connectivity index (χ2n) is 5.16. The van der Waals surface area contributed by atoms with E-state index in [1.165, 1.54) is 0 Å². The third-order valence-electron chi connectivity index (χ3n) is 3.40. The summed E-state index contributed by atoms with van der Waals surface area (Å²) in [6.45, 7) is 8.71. The molecule has 0 radical (unpaired) electrons. The molecule has 2 atom stereocenters. The summed E-state index contributed by atoms with van der Waals surface area (Å²) < 4.78 is 11.4. The monoisotopic (exact) mass is 239 g/mol. The molecule has 2 rings (SSSR count). The molecule has 1 amide bonds. The van der Waals surface area contributed by atoms with Gasteiger partial charge in [-0.3, -0.25) is 4.79 Å². The Bertz CT molecular complexity index is 314. The number of hydrogen-bond donors (Lipinski definition) is 0. The van der Waals surface area contributed by atoms with Gasteiger partial charge in [0.2, 0.25) is 5.91 Å². The van der Waals surface area contributed by atoms with Crippen LogP contribution < -0.4 is 0 Å². The summed E-state index contributed by atoms with van der Waals surface area (Å²) in [7, 11) is 0. The Morgan fingerprint density at radius 2 is 2.35 bits per heavy atom. The average molecular weight is 239 g/mol. The summed E-state index contributed by atoms with van der Waals surface area (Å²) in [4.78, 5) is 13.8. The number of nitrogens with zero attached hydrogens (tertiary/aromatic N) is 1. The van der Waals surface area contributed by atoms with Crippen LogP contribution in [0, 0.1) is 0 Å². The number of ether oxygens (including phenoxy) is 2. The number of carbonyl (C=O) groups excluding carboxylic acids is 1. The number of rotatable bonds is 3. The lowest BCUT2D eigenvalue weighted by molar-refractivity contribution is -0.156. The number of amides is 1. The minimum atomic E-state index is -0.523. The van der Waals surface area contributed by atoms with E-state index in [2.05, 4.69) is 6.58 Å². The number of hydrogen-bond acceptors (Lipinski definition) is 3. The lowest BCUT2D eigenvalue weighted by Gasteiger charge is -2.38. The van der Waals surface area contributed by atoms with Crippen LogP contribution >= 0.6 is 0 Å². The van der Waals surface area contributed by atoms with Crippen LogP contribution in [0.4, 0.5) is 0 Å². The van der Waals surface area contributed by atoms with E-state index in [-0.39, 0.29) is 18.1 Å². The zero-order chi connectivity index (χ0) is 12.5. The first kappa shape index (κ1) is 12.6. The highest BCUT2D eigenvalue weighted by atomic mass is 16.7. The molecule has 2 fully saturated rings. The summed E-state index contributed by atoms with van der Waals surface area (Å²) in [5, 5.41) is 0. The first-order valence-electron chi connectivity index (χ1n) is 6.25. The molecular weight excluding hydrogens is 218 g/mol. The normalized spacial score (nSPS) is 32.8. The second kappa shape index (κ2) is 4.78. The maximum absolute atomic E-state index is 11.9. The van der Waals surface area contributed by atoms with E-state index in [0.29, 0.717) is 19.6 Å². The highest BCUT2D eigenvalue weighted by Crippen LogP contribution is 2.30. The summed E-state index contributed by atoms with van der Waals surface area (Å²) in [6, 6.07) is 0.135. The molecule has 2 aliphatic rings. The molecule has 0 aromatic heterocycles. The quantitative estimate of drug-likeness (QED) is 0.704. The molecule has 0 aromatic carbocycles. The van der Waals surface area contributed by atoms with Crippen LogP contribution in [0.5, 0.6) is 0 Å². The standard InChI is InChI=1S/C13H21NO3/c1-4-8-14-10(6-5-7-12(14)15)11-9-16-13(2,3)17-11/h4,10-11H,1,5-9H2,2-3H3/t10-,11+/m0/s1. The van der Waals surface area contributed by atoms with E-state index in [1.54, 1.807) is 6.08 Å². The molecule has 0 aromatic rings. The number of piperidine rings is 1. The molecule has 2 heterocycles. The van der Waals surface area contributed by atoms with Crippen LogP contribution in [-0.2, 0) is 14.3 Å². The van der Waals surface area contributed by atoms with Gasteiger partial charge in [0.15, 0.2) is 5.79 Å². The fourth-order valence-electron chi connectivity index (χ4n) is 2.61. The van der Waals surface area contributed by atoms with Crippen LogP contribution in [0.15, 0.2) is 12.7 Å². The first-order chi connectivity index (χ1) is 8.03. The van der Waals surface area contributed by atoms with Crippen LogP contribution in [0.25, 0.3) is 0 Å². The fourth-order valence-corrected chi connectivity index (χ4v) is 2.61. The van der Waals surface area contributed by atoms with Gasteiger partial charge in [0, 0.05) is 13.0 Å². The van der Waals surface area contributed by atoms with Gasteiger partial charge in [-0.1, -0.05) is 6.08 Å². The summed E-state index contributed by atoms with van der Waals surface area (Å²) in [6.07, 6.45) is 4.34. The molecule has 0 N–H and O–H groups in total. The maximum Gasteiger partial charge on any atom is 0.223 e. The molecule has 0 saturated carbocycles. The lowest BCUT2D eigenvalue weighted by atomic mass is 9.97. The van der Waals surface area contributed by atoms with Crippen molar-refractivity contribution in [3.8, 4) is 0 Å². The van der Waals surface area contributed by atoms with Crippen molar-refractivity contribution in [2.75, 3.05) is 13.2 Å². The van der Waals surface area contributed by atoms with E-state index < -0.39 is 5.79 Å². The fraction of sp³-hybridized carbons (Fsp3) is 0.769. The number of likely N-dealkylation sites (tertiary alicyclic amines) is 1. The predicted molar refractivity (Wildman–Crippen MR) is 64.5 cm³/mol. The zero-order valence-corrected chi connectivity index (χ0v) is 10.6. The van der Waals surface area contributed by atoms with Gasteiger partial charge in [-0.15, -0.1) is 6.58 Å². The van der Waals surface area contributed by atoms with E-state index in [9.17, 15) is 4.79 Å². The molecule has 4 heteroatoms.